The molecule has 0 spiro atoms. The first-order chi connectivity index (χ1) is 8.86. The minimum Gasteiger partial charge on any atom is -0.492 e. The van der Waals surface area contributed by atoms with E-state index in [9.17, 15) is 13.2 Å². The topological polar surface area (TPSA) is 22.1 Å². The summed E-state index contributed by atoms with van der Waals surface area (Å²) in [6.07, 6.45) is -4.54. The number of aromatic nitrogens is 1. The molecule has 0 saturated carbocycles. The molecule has 2 nitrogen and oxygen atoms in total. The van der Waals surface area contributed by atoms with E-state index < -0.39 is 11.9 Å². The van der Waals surface area contributed by atoms with E-state index >= 15 is 0 Å². The van der Waals surface area contributed by atoms with Crippen LogP contribution in [0.2, 0.25) is 5.02 Å². The summed E-state index contributed by atoms with van der Waals surface area (Å²) in [6, 6.07) is 4.87. The van der Waals surface area contributed by atoms with Gasteiger partial charge in [0.1, 0.15) is 17.0 Å². The molecular formula is C13H11ClF3NO. The zero-order valence-corrected chi connectivity index (χ0v) is 11.1. The SMILES string of the molecule is CCOc1cccc2c(Cl)c(C)c(C(F)(F)F)nc12. The Labute approximate surface area is 113 Å². The largest absolute Gasteiger partial charge is 0.492 e. The normalized spacial score (nSPS) is 11.9. The summed E-state index contributed by atoms with van der Waals surface area (Å²) in [6.45, 7) is 3.40. The van der Waals surface area contributed by atoms with Crippen LogP contribution in [0.15, 0.2) is 18.2 Å². The van der Waals surface area contributed by atoms with Crippen molar-refractivity contribution in [2.24, 2.45) is 0 Å². The van der Waals surface area contributed by atoms with Gasteiger partial charge in [-0.1, -0.05) is 23.7 Å². The predicted molar refractivity (Wildman–Crippen MR) is 67.7 cm³/mol. The number of rotatable bonds is 2. The molecule has 0 aliphatic heterocycles. The predicted octanol–water partition coefficient (Wildman–Crippen LogP) is 4.61. The van der Waals surface area contributed by atoms with Gasteiger partial charge in [0.15, 0.2) is 0 Å². The van der Waals surface area contributed by atoms with Crippen molar-refractivity contribution in [3.63, 3.8) is 0 Å². The number of halogens is 4. The second-order valence-corrected chi connectivity index (χ2v) is 4.36. The van der Waals surface area contributed by atoms with E-state index in [1.165, 1.54) is 6.92 Å². The Hall–Kier alpha value is -1.49. The van der Waals surface area contributed by atoms with E-state index in [4.69, 9.17) is 16.3 Å². The van der Waals surface area contributed by atoms with Crippen LogP contribution in [0, 0.1) is 6.92 Å². The first-order valence-corrected chi connectivity index (χ1v) is 6.03. The molecular weight excluding hydrogens is 279 g/mol. The highest BCUT2D eigenvalue weighted by molar-refractivity contribution is 6.36. The van der Waals surface area contributed by atoms with Gasteiger partial charge in [0.05, 0.1) is 11.6 Å². The summed E-state index contributed by atoms with van der Waals surface area (Å²) >= 11 is 6.01. The number of pyridine rings is 1. The number of fused-ring (bicyclic) bond motifs is 1. The van der Waals surface area contributed by atoms with Crippen molar-refractivity contribution in [3.8, 4) is 5.75 Å². The molecule has 0 fully saturated rings. The molecule has 0 amide bonds. The number of nitrogens with zero attached hydrogens (tertiary/aromatic N) is 1. The quantitative estimate of drug-likeness (QED) is 0.805. The highest BCUT2D eigenvalue weighted by Crippen LogP contribution is 2.38. The molecule has 1 aromatic heterocycles. The smallest absolute Gasteiger partial charge is 0.433 e. The molecule has 1 aromatic carbocycles. The fourth-order valence-electron chi connectivity index (χ4n) is 1.86. The van der Waals surface area contributed by atoms with Crippen LogP contribution in [-0.2, 0) is 6.18 Å². The Kier molecular flexibility index (Phi) is 3.58. The summed E-state index contributed by atoms with van der Waals surface area (Å²) in [7, 11) is 0. The van der Waals surface area contributed by atoms with E-state index in [1.54, 1.807) is 25.1 Å². The molecule has 0 radical (unpaired) electrons. The van der Waals surface area contributed by atoms with Crippen LogP contribution in [0.4, 0.5) is 13.2 Å². The molecule has 19 heavy (non-hydrogen) atoms. The number of benzene rings is 1. The zero-order valence-electron chi connectivity index (χ0n) is 10.3. The fraction of sp³-hybridized carbons (Fsp3) is 0.308. The van der Waals surface area contributed by atoms with Gasteiger partial charge in [-0.25, -0.2) is 4.98 Å². The van der Waals surface area contributed by atoms with Gasteiger partial charge in [0.2, 0.25) is 0 Å². The standard InChI is InChI=1S/C13H11ClF3NO/c1-3-19-9-6-4-5-8-10(14)7(2)12(13(15,16)17)18-11(8)9/h4-6H,3H2,1-2H3. The van der Waals surface area contributed by atoms with Crippen LogP contribution in [0.25, 0.3) is 10.9 Å². The van der Waals surface area contributed by atoms with Crippen molar-refractivity contribution < 1.29 is 17.9 Å². The van der Waals surface area contributed by atoms with Crippen LogP contribution >= 0.6 is 11.6 Å². The van der Waals surface area contributed by atoms with Gasteiger partial charge in [0.25, 0.3) is 0 Å². The molecule has 2 rings (SSSR count). The Morgan fingerprint density at radius 2 is 2.00 bits per heavy atom. The van der Waals surface area contributed by atoms with Gasteiger partial charge in [-0.3, -0.25) is 0 Å². The van der Waals surface area contributed by atoms with Crippen molar-refractivity contribution in [3.05, 3.63) is 34.5 Å². The summed E-state index contributed by atoms with van der Waals surface area (Å²) in [5.74, 6) is 0.299. The Balaban J connectivity index is 2.82. The van der Waals surface area contributed by atoms with E-state index in [2.05, 4.69) is 4.98 Å². The number of ether oxygens (including phenoxy) is 1. The van der Waals surface area contributed by atoms with Crippen molar-refractivity contribution in [1.82, 2.24) is 4.98 Å². The number of para-hydroxylation sites is 1. The molecule has 0 bridgehead atoms. The maximum atomic E-state index is 12.9. The third-order valence-electron chi connectivity index (χ3n) is 2.71. The third kappa shape index (κ3) is 2.47. The average molecular weight is 290 g/mol. The van der Waals surface area contributed by atoms with Crippen LogP contribution in [0.3, 0.4) is 0 Å². The summed E-state index contributed by atoms with van der Waals surface area (Å²) in [4.78, 5) is 3.69. The first kappa shape index (κ1) is 13.9. The lowest BCUT2D eigenvalue weighted by Crippen LogP contribution is -2.11. The molecule has 0 aliphatic rings. The Morgan fingerprint density at radius 3 is 2.58 bits per heavy atom. The van der Waals surface area contributed by atoms with Crippen molar-refractivity contribution in [2.75, 3.05) is 6.61 Å². The zero-order chi connectivity index (χ0) is 14.2. The van der Waals surface area contributed by atoms with Gasteiger partial charge in [-0.15, -0.1) is 0 Å². The Morgan fingerprint density at radius 1 is 1.32 bits per heavy atom. The molecule has 6 heteroatoms. The third-order valence-corrected chi connectivity index (χ3v) is 3.20. The maximum Gasteiger partial charge on any atom is 0.433 e. The summed E-state index contributed by atoms with van der Waals surface area (Å²) in [5, 5.41) is 0.511. The maximum absolute atomic E-state index is 12.9. The highest BCUT2D eigenvalue weighted by atomic mass is 35.5. The molecule has 0 saturated heterocycles. The van der Waals surface area contributed by atoms with Crippen LogP contribution < -0.4 is 4.74 Å². The van der Waals surface area contributed by atoms with Crippen LogP contribution in [0.5, 0.6) is 5.75 Å². The fourth-order valence-corrected chi connectivity index (χ4v) is 2.11. The van der Waals surface area contributed by atoms with Gasteiger partial charge < -0.3 is 4.74 Å². The summed E-state index contributed by atoms with van der Waals surface area (Å²) in [5.41, 5.74) is -0.917. The first-order valence-electron chi connectivity index (χ1n) is 5.65. The van der Waals surface area contributed by atoms with Gasteiger partial charge >= 0.3 is 6.18 Å². The molecule has 102 valence electrons. The lowest BCUT2D eigenvalue weighted by Gasteiger charge is -2.14. The van der Waals surface area contributed by atoms with Crippen molar-refractivity contribution in [2.45, 2.75) is 20.0 Å². The Bertz CT molecular complexity index is 625. The minimum atomic E-state index is -4.54. The second-order valence-electron chi connectivity index (χ2n) is 3.98. The lowest BCUT2D eigenvalue weighted by molar-refractivity contribution is -0.141. The monoisotopic (exact) mass is 289 g/mol. The van der Waals surface area contributed by atoms with E-state index in [0.29, 0.717) is 17.7 Å². The molecule has 1 heterocycles. The van der Waals surface area contributed by atoms with E-state index in [0.717, 1.165) is 0 Å². The highest BCUT2D eigenvalue weighted by Gasteiger charge is 2.36. The molecule has 2 aromatic rings. The summed E-state index contributed by atoms with van der Waals surface area (Å²) < 4.78 is 44.0. The average Bonchev–Trinajstić information content (AvgIpc) is 2.33. The molecule has 0 N–H and O–H groups in total. The van der Waals surface area contributed by atoms with Crippen molar-refractivity contribution in [1.29, 1.82) is 0 Å². The number of hydrogen-bond donors (Lipinski definition) is 0. The van der Waals surface area contributed by atoms with E-state index in [1.807, 2.05) is 0 Å². The molecule has 0 atom stereocenters. The van der Waals surface area contributed by atoms with Crippen LogP contribution in [-0.4, -0.2) is 11.6 Å². The molecule has 0 aliphatic carbocycles. The van der Waals surface area contributed by atoms with Gasteiger partial charge in [-0.05, 0) is 25.5 Å². The second kappa shape index (κ2) is 4.89. The number of alkyl halides is 3. The van der Waals surface area contributed by atoms with Crippen LogP contribution in [0.1, 0.15) is 18.2 Å². The van der Waals surface area contributed by atoms with Gasteiger partial charge in [0, 0.05) is 5.39 Å². The van der Waals surface area contributed by atoms with Crippen molar-refractivity contribution >= 4 is 22.5 Å². The minimum absolute atomic E-state index is 0.0545. The lowest BCUT2D eigenvalue weighted by atomic mass is 10.1. The number of hydrogen-bond acceptors (Lipinski definition) is 2. The van der Waals surface area contributed by atoms with Gasteiger partial charge in [-0.2, -0.15) is 13.2 Å². The molecule has 0 unspecified atom stereocenters. The van der Waals surface area contributed by atoms with E-state index in [-0.39, 0.29) is 16.1 Å².